The van der Waals surface area contributed by atoms with Crippen molar-refractivity contribution in [1.82, 2.24) is 4.90 Å². The van der Waals surface area contributed by atoms with E-state index in [1.54, 1.807) is 12.0 Å². The van der Waals surface area contributed by atoms with E-state index in [0.29, 0.717) is 19.4 Å². The number of carbonyl (C=O) groups is 1. The zero-order chi connectivity index (χ0) is 15.9. The first-order chi connectivity index (χ1) is 10.6. The van der Waals surface area contributed by atoms with Crippen LogP contribution in [0.5, 0.6) is 5.75 Å². The van der Waals surface area contributed by atoms with Crippen molar-refractivity contribution in [3.63, 3.8) is 0 Å². The summed E-state index contributed by atoms with van der Waals surface area (Å²) in [6.45, 7) is 0.535. The number of carbonyl (C=O) groups excluding carboxylic acids is 1. The van der Waals surface area contributed by atoms with Crippen LogP contribution in [0.25, 0.3) is 0 Å². The number of anilines is 1. The summed E-state index contributed by atoms with van der Waals surface area (Å²) >= 11 is 0. The summed E-state index contributed by atoms with van der Waals surface area (Å²) in [5.74, 6) is 0.892. The number of nitrogens with zero attached hydrogens (tertiary/aromatic N) is 1. The number of amides is 1. The topological polar surface area (TPSA) is 55.6 Å². The molecule has 2 N–H and O–H groups in total. The van der Waals surface area contributed by atoms with Gasteiger partial charge in [0.05, 0.1) is 7.11 Å². The van der Waals surface area contributed by atoms with Crippen LogP contribution in [0.2, 0.25) is 0 Å². The Morgan fingerprint density at radius 1 is 1.09 bits per heavy atom. The van der Waals surface area contributed by atoms with E-state index in [4.69, 9.17) is 10.5 Å². The molecule has 0 aromatic heterocycles. The second kappa shape index (κ2) is 7.50. The predicted molar refractivity (Wildman–Crippen MR) is 88.6 cm³/mol. The van der Waals surface area contributed by atoms with Gasteiger partial charge in [-0.2, -0.15) is 0 Å². The molecule has 1 amide bonds. The van der Waals surface area contributed by atoms with Crippen LogP contribution in [0.1, 0.15) is 17.5 Å². The Labute approximate surface area is 131 Å². The molecule has 0 fully saturated rings. The van der Waals surface area contributed by atoms with Crippen LogP contribution in [-0.4, -0.2) is 25.0 Å². The zero-order valence-corrected chi connectivity index (χ0v) is 13.1. The van der Waals surface area contributed by atoms with Crippen molar-refractivity contribution in [2.75, 3.05) is 19.9 Å². The van der Waals surface area contributed by atoms with Gasteiger partial charge in [-0.15, -0.1) is 0 Å². The van der Waals surface area contributed by atoms with Crippen molar-refractivity contribution in [2.45, 2.75) is 19.4 Å². The Morgan fingerprint density at radius 2 is 1.73 bits per heavy atom. The fourth-order valence-electron chi connectivity index (χ4n) is 2.37. The van der Waals surface area contributed by atoms with Crippen LogP contribution in [-0.2, 0) is 17.8 Å². The van der Waals surface area contributed by atoms with E-state index in [0.717, 1.165) is 22.6 Å². The molecular formula is C18H22N2O2. The quantitative estimate of drug-likeness (QED) is 0.834. The van der Waals surface area contributed by atoms with E-state index in [1.807, 2.05) is 55.6 Å². The van der Waals surface area contributed by atoms with E-state index in [1.165, 1.54) is 0 Å². The van der Waals surface area contributed by atoms with Crippen LogP contribution in [0.4, 0.5) is 5.69 Å². The molecule has 0 atom stereocenters. The van der Waals surface area contributed by atoms with Gasteiger partial charge in [-0.3, -0.25) is 4.79 Å². The predicted octanol–water partition coefficient (Wildman–Crippen LogP) is 2.87. The summed E-state index contributed by atoms with van der Waals surface area (Å²) < 4.78 is 5.32. The Balaban J connectivity index is 1.94. The normalized spacial score (nSPS) is 10.3. The van der Waals surface area contributed by atoms with Gasteiger partial charge in [0.2, 0.25) is 5.91 Å². The molecule has 116 valence electrons. The highest BCUT2D eigenvalue weighted by molar-refractivity contribution is 5.76. The minimum Gasteiger partial charge on any atom is -0.496 e. The highest BCUT2D eigenvalue weighted by atomic mass is 16.5. The molecule has 0 heterocycles. The smallest absolute Gasteiger partial charge is 0.222 e. The van der Waals surface area contributed by atoms with Gasteiger partial charge < -0.3 is 15.4 Å². The first-order valence-electron chi connectivity index (χ1n) is 7.31. The molecule has 0 saturated carbocycles. The second-order valence-electron chi connectivity index (χ2n) is 5.26. The molecule has 2 aromatic rings. The first-order valence-corrected chi connectivity index (χ1v) is 7.31. The van der Waals surface area contributed by atoms with Crippen LogP contribution in [0.3, 0.4) is 0 Å². The van der Waals surface area contributed by atoms with Crippen molar-refractivity contribution >= 4 is 11.6 Å². The lowest BCUT2D eigenvalue weighted by Crippen LogP contribution is -2.26. The van der Waals surface area contributed by atoms with Crippen LogP contribution in [0, 0.1) is 0 Å². The summed E-state index contributed by atoms with van der Waals surface area (Å²) in [5, 5.41) is 0. The number of ether oxygens (including phenoxy) is 1. The average molecular weight is 298 g/mol. The lowest BCUT2D eigenvalue weighted by Gasteiger charge is -2.19. The van der Waals surface area contributed by atoms with E-state index in [9.17, 15) is 4.79 Å². The second-order valence-corrected chi connectivity index (χ2v) is 5.26. The molecule has 0 saturated heterocycles. The highest BCUT2D eigenvalue weighted by Gasteiger charge is 2.12. The van der Waals surface area contributed by atoms with E-state index in [-0.39, 0.29) is 5.91 Å². The van der Waals surface area contributed by atoms with Crippen molar-refractivity contribution in [3.05, 3.63) is 59.7 Å². The van der Waals surface area contributed by atoms with Gasteiger partial charge >= 0.3 is 0 Å². The van der Waals surface area contributed by atoms with Gasteiger partial charge in [0.15, 0.2) is 0 Å². The molecule has 0 unspecified atom stereocenters. The van der Waals surface area contributed by atoms with Gasteiger partial charge in [0.1, 0.15) is 5.75 Å². The Morgan fingerprint density at radius 3 is 2.41 bits per heavy atom. The molecule has 0 bridgehead atoms. The molecule has 22 heavy (non-hydrogen) atoms. The SMILES string of the molecule is COc1ccccc1CN(C)C(=O)CCc1ccccc1N. The van der Waals surface area contributed by atoms with Crippen molar-refractivity contribution in [2.24, 2.45) is 0 Å². The number of hydrogen-bond acceptors (Lipinski definition) is 3. The number of hydrogen-bond donors (Lipinski definition) is 1. The molecule has 0 aliphatic rings. The maximum atomic E-state index is 12.3. The third kappa shape index (κ3) is 4.01. The van der Waals surface area contributed by atoms with Gasteiger partial charge in [-0.05, 0) is 24.1 Å². The van der Waals surface area contributed by atoms with E-state index in [2.05, 4.69) is 0 Å². The molecule has 2 rings (SSSR count). The van der Waals surface area contributed by atoms with Crippen molar-refractivity contribution in [3.8, 4) is 5.75 Å². The number of rotatable bonds is 6. The zero-order valence-electron chi connectivity index (χ0n) is 13.1. The first kappa shape index (κ1) is 15.9. The van der Waals surface area contributed by atoms with Gasteiger partial charge in [0, 0.05) is 31.3 Å². The summed E-state index contributed by atoms with van der Waals surface area (Å²) in [7, 11) is 3.45. The maximum absolute atomic E-state index is 12.3. The Bertz CT molecular complexity index is 640. The molecule has 0 aliphatic carbocycles. The van der Waals surface area contributed by atoms with Crippen molar-refractivity contribution in [1.29, 1.82) is 0 Å². The summed E-state index contributed by atoms with van der Waals surface area (Å²) in [5.41, 5.74) is 8.66. The lowest BCUT2D eigenvalue weighted by molar-refractivity contribution is -0.130. The number of nitrogens with two attached hydrogens (primary N) is 1. The fourth-order valence-corrected chi connectivity index (χ4v) is 2.37. The lowest BCUT2D eigenvalue weighted by atomic mass is 10.1. The third-order valence-corrected chi connectivity index (χ3v) is 3.69. The monoisotopic (exact) mass is 298 g/mol. The van der Waals surface area contributed by atoms with Crippen LogP contribution < -0.4 is 10.5 Å². The molecular weight excluding hydrogens is 276 g/mol. The molecule has 0 radical (unpaired) electrons. The van der Waals surface area contributed by atoms with E-state index < -0.39 is 0 Å². The molecule has 0 spiro atoms. The van der Waals surface area contributed by atoms with Gasteiger partial charge in [-0.25, -0.2) is 0 Å². The minimum absolute atomic E-state index is 0.0918. The van der Waals surface area contributed by atoms with Crippen molar-refractivity contribution < 1.29 is 9.53 Å². The number of nitrogen functional groups attached to an aromatic ring is 1. The van der Waals surface area contributed by atoms with E-state index >= 15 is 0 Å². The Kier molecular flexibility index (Phi) is 5.42. The van der Waals surface area contributed by atoms with Gasteiger partial charge in [-0.1, -0.05) is 36.4 Å². The maximum Gasteiger partial charge on any atom is 0.222 e. The minimum atomic E-state index is 0.0918. The molecule has 4 nitrogen and oxygen atoms in total. The summed E-state index contributed by atoms with van der Waals surface area (Å²) in [6, 6.07) is 15.4. The number of para-hydroxylation sites is 2. The number of methoxy groups -OCH3 is 1. The highest BCUT2D eigenvalue weighted by Crippen LogP contribution is 2.19. The number of aryl methyl sites for hydroxylation is 1. The summed E-state index contributed by atoms with van der Waals surface area (Å²) in [4.78, 5) is 14.0. The standard InChI is InChI=1S/C18H22N2O2/c1-20(13-15-8-4-6-10-17(15)22-2)18(21)12-11-14-7-3-5-9-16(14)19/h3-10H,11-13,19H2,1-2H3. The van der Waals surface area contributed by atoms with Gasteiger partial charge in [0.25, 0.3) is 0 Å². The fraction of sp³-hybridized carbons (Fsp3) is 0.278. The average Bonchev–Trinajstić information content (AvgIpc) is 2.54. The summed E-state index contributed by atoms with van der Waals surface area (Å²) in [6.07, 6.45) is 1.10. The van der Waals surface area contributed by atoms with Crippen LogP contribution >= 0.6 is 0 Å². The van der Waals surface area contributed by atoms with Crippen LogP contribution in [0.15, 0.2) is 48.5 Å². The third-order valence-electron chi connectivity index (χ3n) is 3.69. The molecule has 4 heteroatoms. The molecule has 2 aromatic carbocycles. The number of benzene rings is 2. The Hall–Kier alpha value is -2.49. The largest absolute Gasteiger partial charge is 0.496 e. The molecule has 0 aliphatic heterocycles.